The van der Waals surface area contributed by atoms with E-state index >= 15 is 0 Å². The molecule has 1 N–H and O–H groups in total. The standard InChI is InChI=1S/C13H18N4/c1-4-12-11(9-17(3)16-12)13(14-2)10-6-5-7-15-8-10/h5-9,13-14H,4H2,1-3H3. The van der Waals surface area contributed by atoms with Crippen molar-refractivity contribution in [2.24, 2.45) is 7.05 Å². The second kappa shape index (κ2) is 5.10. The summed E-state index contributed by atoms with van der Waals surface area (Å²) in [6.45, 7) is 2.13. The Morgan fingerprint density at radius 1 is 1.47 bits per heavy atom. The molecule has 2 rings (SSSR count). The number of aromatic nitrogens is 3. The van der Waals surface area contributed by atoms with Gasteiger partial charge in [0.2, 0.25) is 0 Å². The van der Waals surface area contributed by atoms with E-state index in [9.17, 15) is 0 Å². The van der Waals surface area contributed by atoms with Crippen LogP contribution in [0, 0.1) is 0 Å². The number of hydrogen-bond donors (Lipinski definition) is 1. The Balaban J connectivity index is 2.42. The van der Waals surface area contributed by atoms with Crippen LogP contribution in [0.3, 0.4) is 0 Å². The molecule has 0 aliphatic rings. The average molecular weight is 230 g/mol. The van der Waals surface area contributed by atoms with Crippen molar-refractivity contribution in [1.82, 2.24) is 20.1 Å². The number of nitrogens with zero attached hydrogens (tertiary/aromatic N) is 3. The van der Waals surface area contributed by atoms with Crippen LogP contribution in [0.1, 0.15) is 29.8 Å². The van der Waals surface area contributed by atoms with Crippen molar-refractivity contribution in [2.75, 3.05) is 7.05 Å². The van der Waals surface area contributed by atoms with Crippen LogP contribution in [0.4, 0.5) is 0 Å². The Hall–Kier alpha value is -1.68. The summed E-state index contributed by atoms with van der Waals surface area (Å²) in [6.07, 6.45) is 6.70. The van der Waals surface area contributed by atoms with E-state index in [0.29, 0.717) is 0 Å². The molecule has 4 heteroatoms. The van der Waals surface area contributed by atoms with Gasteiger partial charge in [0.15, 0.2) is 0 Å². The monoisotopic (exact) mass is 230 g/mol. The summed E-state index contributed by atoms with van der Waals surface area (Å²) in [6, 6.07) is 4.20. The Morgan fingerprint density at radius 3 is 2.88 bits per heavy atom. The van der Waals surface area contributed by atoms with Crippen molar-refractivity contribution in [1.29, 1.82) is 0 Å². The maximum absolute atomic E-state index is 4.48. The largest absolute Gasteiger partial charge is 0.309 e. The third-order valence-corrected chi connectivity index (χ3v) is 2.89. The molecule has 2 aromatic heterocycles. The van der Waals surface area contributed by atoms with Crippen LogP contribution in [0.2, 0.25) is 0 Å². The van der Waals surface area contributed by atoms with Gasteiger partial charge in [0, 0.05) is 31.2 Å². The Bertz CT molecular complexity index is 475. The summed E-state index contributed by atoms with van der Waals surface area (Å²) >= 11 is 0. The van der Waals surface area contributed by atoms with Crippen LogP contribution in [0.5, 0.6) is 0 Å². The topological polar surface area (TPSA) is 42.7 Å². The molecule has 0 aromatic carbocycles. The van der Waals surface area contributed by atoms with Gasteiger partial charge in [-0.25, -0.2) is 0 Å². The summed E-state index contributed by atoms with van der Waals surface area (Å²) < 4.78 is 1.87. The van der Waals surface area contributed by atoms with Crippen molar-refractivity contribution in [3.05, 3.63) is 47.5 Å². The number of aryl methyl sites for hydroxylation is 2. The summed E-state index contributed by atoms with van der Waals surface area (Å²) in [5.74, 6) is 0. The second-order valence-electron chi connectivity index (χ2n) is 4.07. The van der Waals surface area contributed by atoms with Gasteiger partial charge in [0.05, 0.1) is 11.7 Å². The van der Waals surface area contributed by atoms with Gasteiger partial charge in [0.25, 0.3) is 0 Å². The molecule has 0 saturated heterocycles. The molecule has 17 heavy (non-hydrogen) atoms. The van der Waals surface area contributed by atoms with Gasteiger partial charge >= 0.3 is 0 Å². The number of pyridine rings is 1. The highest BCUT2D eigenvalue weighted by molar-refractivity contribution is 5.31. The van der Waals surface area contributed by atoms with Crippen LogP contribution in [0.15, 0.2) is 30.7 Å². The smallest absolute Gasteiger partial charge is 0.0673 e. The molecule has 1 unspecified atom stereocenters. The molecular weight excluding hydrogens is 212 g/mol. The molecule has 0 aliphatic carbocycles. The molecule has 1 atom stereocenters. The number of hydrogen-bond acceptors (Lipinski definition) is 3. The molecule has 0 saturated carbocycles. The zero-order chi connectivity index (χ0) is 12.3. The van der Waals surface area contributed by atoms with Crippen molar-refractivity contribution < 1.29 is 0 Å². The third-order valence-electron chi connectivity index (χ3n) is 2.89. The van der Waals surface area contributed by atoms with E-state index in [1.807, 2.05) is 31.0 Å². The number of rotatable bonds is 4. The fourth-order valence-electron chi connectivity index (χ4n) is 2.12. The van der Waals surface area contributed by atoms with E-state index in [4.69, 9.17) is 0 Å². The first-order valence-electron chi connectivity index (χ1n) is 5.85. The van der Waals surface area contributed by atoms with E-state index in [1.54, 1.807) is 6.20 Å². The maximum Gasteiger partial charge on any atom is 0.0673 e. The van der Waals surface area contributed by atoms with Crippen LogP contribution in [0.25, 0.3) is 0 Å². The molecule has 0 spiro atoms. The van der Waals surface area contributed by atoms with Gasteiger partial charge in [0.1, 0.15) is 0 Å². The molecule has 90 valence electrons. The molecule has 4 nitrogen and oxygen atoms in total. The van der Waals surface area contributed by atoms with Crippen LogP contribution in [-0.2, 0) is 13.5 Å². The van der Waals surface area contributed by atoms with Crippen molar-refractivity contribution in [2.45, 2.75) is 19.4 Å². The van der Waals surface area contributed by atoms with Gasteiger partial charge in [-0.1, -0.05) is 13.0 Å². The molecule has 0 bridgehead atoms. The molecule has 0 amide bonds. The third kappa shape index (κ3) is 2.36. The molecule has 0 aliphatic heterocycles. The first-order chi connectivity index (χ1) is 8.26. The SMILES string of the molecule is CCc1nn(C)cc1C(NC)c1cccnc1. The Labute approximate surface area is 102 Å². The Kier molecular flexibility index (Phi) is 3.54. The van der Waals surface area contributed by atoms with Gasteiger partial charge in [-0.3, -0.25) is 9.67 Å². The lowest BCUT2D eigenvalue weighted by Crippen LogP contribution is -2.18. The summed E-state index contributed by atoms with van der Waals surface area (Å²) in [4.78, 5) is 4.17. The lowest BCUT2D eigenvalue weighted by Gasteiger charge is -2.15. The normalized spacial score (nSPS) is 12.6. The molecule has 2 aromatic rings. The quantitative estimate of drug-likeness (QED) is 0.869. The minimum absolute atomic E-state index is 0.160. The fourth-order valence-corrected chi connectivity index (χ4v) is 2.12. The summed E-state index contributed by atoms with van der Waals surface area (Å²) in [7, 11) is 3.92. The summed E-state index contributed by atoms with van der Waals surface area (Å²) in [5, 5.41) is 7.81. The van der Waals surface area contributed by atoms with Crippen molar-refractivity contribution in [3.8, 4) is 0 Å². The van der Waals surface area contributed by atoms with Crippen LogP contribution in [-0.4, -0.2) is 21.8 Å². The van der Waals surface area contributed by atoms with Crippen LogP contribution < -0.4 is 5.32 Å². The highest BCUT2D eigenvalue weighted by Gasteiger charge is 2.17. The predicted octanol–water partition coefficient (Wildman–Crippen LogP) is 1.69. The van der Waals surface area contributed by atoms with Crippen LogP contribution >= 0.6 is 0 Å². The number of nitrogens with one attached hydrogen (secondary N) is 1. The lowest BCUT2D eigenvalue weighted by molar-refractivity contribution is 0.681. The van der Waals surface area contributed by atoms with Gasteiger partial charge in [-0.15, -0.1) is 0 Å². The van der Waals surface area contributed by atoms with E-state index in [1.165, 1.54) is 5.56 Å². The highest BCUT2D eigenvalue weighted by atomic mass is 15.3. The van der Waals surface area contributed by atoms with E-state index < -0.39 is 0 Å². The minimum atomic E-state index is 0.160. The highest BCUT2D eigenvalue weighted by Crippen LogP contribution is 2.23. The Morgan fingerprint density at radius 2 is 2.29 bits per heavy atom. The first-order valence-corrected chi connectivity index (χ1v) is 5.85. The maximum atomic E-state index is 4.48. The lowest BCUT2D eigenvalue weighted by atomic mass is 10.00. The molecule has 0 fully saturated rings. The molecule has 2 heterocycles. The second-order valence-corrected chi connectivity index (χ2v) is 4.07. The summed E-state index contributed by atoms with van der Waals surface area (Å²) in [5.41, 5.74) is 3.53. The zero-order valence-corrected chi connectivity index (χ0v) is 10.5. The average Bonchev–Trinajstić information content (AvgIpc) is 2.73. The predicted molar refractivity (Wildman–Crippen MR) is 67.7 cm³/mol. The van der Waals surface area contributed by atoms with E-state index in [0.717, 1.165) is 17.7 Å². The molecular formula is C13H18N4. The van der Waals surface area contributed by atoms with Crippen molar-refractivity contribution >= 4 is 0 Å². The van der Waals surface area contributed by atoms with Gasteiger partial charge in [-0.2, -0.15) is 5.10 Å². The first kappa shape index (κ1) is 11.8. The zero-order valence-electron chi connectivity index (χ0n) is 10.5. The van der Waals surface area contributed by atoms with Crippen molar-refractivity contribution in [3.63, 3.8) is 0 Å². The molecule has 0 radical (unpaired) electrons. The van der Waals surface area contributed by atoms with Gasteiger partial charge in [-0.05, 0) is 25.1 Å². The fraction of sp³-hybridized carbons (Fsp3) is 0.385. The van der Waals surface area contributed by atoms with E-state index in [-0.39, 0.29) is 6.04 Å². The van der Waals surface area contributed by atoms with E-state index in [2.05, 4.69) is 34.6 Å². The van der Waals surface area contributed by atoms with Gasteiger partial charge < -0.3 is 5.32 Å². The minimum Gasteiger partial charge on any atom is -0.309 e.